The van der Waals surface area contributed by atoms with Crippen LogP contribution in [0.4, 0.5) is 5.69 Å². The van der Waals surface area contributed by atoms with E-state index < -0.39 is 5.60 Å². The van der Waals surface area contributed by atoms with Crippen molar-refractivity contribution in [1.29, 1.82) is 0 Å². The van der Waals surface area contributed by atoms with E-state index >= 15 is 0 Å². The van der Waals surface area contributed by atoms with Gasteiger partial charge < -0.3 is 9.47 Å². The number of hydrogen-bond acceptors (Lipinski definition) is 3. The van der Waals surface area contributed by atoms with Crippen LogP contribution in [0.1, 0.15) is 39.2 Å². The average Bonchev–Trinajstić information content (AvgIpc) is 2.69. The Balaban J connectivity index is 1.93. The Morgan fingerprint density at radius 1 is 0.750 bits per heavy atom. The average molecular weight is 373 g/mol. The molecule has 3 rings (SSSR count). The number of nitrogens with zero attached hydrogens (tertiary/aromatic N) is 1. The van der Waals surface area contributed by atoms with Crippen LogP contribution in [0.2, 0.25) is 0 Å². The maximum Gasteiger partial charge on any atom is 0.239 e. The van der Waals surface area contributed by atoms with Crippen molar-refractivity contribution in [3.05, 3.63) is 90.5 Å². The van der Waals surface area contributed by atoms with Crippen LogP contribution >= 0.6 is 0 Å². The Hall–Kier alpha value is -3.07. The molecule has 0 radical (unpaired) electrons. The summed E-state index contributed by atoms with van der Waals surface area (Å²) in [7, 11) is 0. The minimum Gasteiger partial charge on any atom is -0.478 e. The first kappa shape index (κ1) is 19.7. The lowest BCUT2D eigenvalue weighted by Gasteiger charge is -2.27. The summed E-state index contributed by atoms with van der Waals surface area (Å²) in [6, 6.07) is 27.6. The molecule has 0 saturated carbocycles. The molecular formula is C25H27NO2. The lowest BCUT2D eigenvalue weighted by Crippen LogP contribution is -2.41. The summed E-state index contributed by atoms with van der Waals surface area (Å²) in [6.07, 6.45) is 0. The molecule has 0 heterocycles. The normalized spacial score (nSPS) is 12.1. The highest BCUT2D eigenvalue weighted by Crippen LogP contribution is 2.25. The number of ether oxygens (including phenoxy) is 2. The number of hydrogen-bond donors (Lipinski definition) is 0. The third-order valence-electron chi connectivity index (χ3n) is 4.38. The predicted octanol–water partition coefficient (Wildman–Crippen LogP) is 6.78. The standard InChI is InChI=1S/C25H27NO2/c1-19(2)20-15-17-21(18-16-20)26-24(27-22-11-7-5-8-12-22)25(3,4)28-23-13-9-6-10-14-23/h5-19H,1-4H3. The largest absolute Gasteiger partial charge is 0.478 e. The molecule has 28 heavy (non-hydrogen) atoms. The summed E-state index contributed by atoms with van der Waals surface area (Å²) < 4.78 is 12.4. The van der Waals surface area contributed by atoms with E-state index in [9.17, 15) is 0 Å². The van der Waals surface area contributed by atoms with Gasteiger partial charge in [-0.05, 0) is 61.7 Å². The molecule has 144 valence electrons. The van der Waals surface area contributed by atoms with E-state index in [1.54, 1.807) is 0 Å². The summed E-state index contributed by atoms with van der Waals surface area (Å²) in [5, 5.41) is 0. The molecule has 0 aromatic heterocycles. The van der Waals surface area contributed by atoms with Crippen molar-refractivity contribution in [2.75, 3.05) is 0 Å². The van der Waals surface area contributed by atoms with E-state index in [-0.39, 0.29) is 0 Å². The van der Waals surface area contributed by atoms with E-state index in [0.717, 1.165) is 17.2 Å². The SMILES string of the molecule is CC(C)c1ccc(N=C(Oc2ccccc2)C(C)(C)Oc2ccccc2)cc1. The lowest BCUT2D eigenvalue weighted by molar-refractivity contribution is 0.162. The molecule has 3 aromatic carbocycles. The molecule has 0 N–H and O–H groups in total. The van der Waals surface area contributed by atoms with E-state index in [4.69, 9.17) is 14.5 Å². The zero-order chi connectivity index (χ0) is 20.0. The van der Waals surface area contributed by atoms with Crippen molar-refractivity contribution in [2.24, 2.45) is 4.99 Å². The molecule has 0 spiro atoms. The van der Waals surface area contributed by atoms with Gasteiger partial charge in [-0.2, -0.15) is 0 Å². The van der Waals surface area contributed by atoms with Crippen molar-refractivity contribution in [2.45, 2.75) is 39.2 Å². The molecule has 3 nitrogen and oxygen atoms in total. The molecular weight excluding hydrogens is 346 g/mol. The molecule has 0 fully saturated rings. The van der Waals surface area contributed by atoms with Gasteiger partial charge in [0.15, 0.2) is 5.60 Å². The molecule has 0 atom stereocenters. The van der Waals surface area contributed by atoms with Crippen molar-refractivity contribution in [3.8, 4) is 11.5 Å². The summed E-state index contributed by atoms with van der Waals surface area (Å²) in [5.41, 5.74) is 1.36. The Kier molecular flexibility index (Phi) is 6.15. The maximum absolute atomic E-state index is 6.21. The summed E-state index contributed by atoms with van der Waals surface area (Å²) >= 11 is 0. The first-order valence-electron chi connectivity index (χ1n) is 9.60. The third-order valence-corrected chi connectivity index (χ3v) is 4.38. The van der Waals surface area contributed by atoms with Crippen LogP contribution in [0.25, 0.3) is 0 Å². The molecule has 0 amide bonds. The summed E-state index contributed by atoms with van der Waals surface area (Å²) in [6.45, 7) is 8.28. The van der Waals surface area contributed by atoms with Gasteiger partial charge in [0.1, 0.15) is 11.5 Å². The Morgan fingerprint density at radius 2 is 1.29 bits per heavy atom. The fraction of sp³-hybridized carbons (Fsp3) is 0.240. The number of aliphatic imine (C=N–C) groups is 1. The molecule has 3 aromatic rings. The van der Waals surface area contributed by atoms with Gasteiger partial charge in [0.05, 0.1) is 5.69 Å². The third kappa shape index (κ3) is 5.23. The van der Waals surface area contributed by atoms with Gasteiger partial charge in [0.25, 0.3) is 0 Å². The van der Waals surface area contributed by atoms with Crippen LogP contribution in [0, 0.1) is 0 Å². The van der Waals surface area contributed by atoms with Crippen LogP contribution in [0.5, 0.6) is 11.5 Å². The highest BCUT2D eigenvalue weighted by atomic mass is 16.6. The monoisotopic (exact) mass is 373 g/mol. The first-order valence-corrected chi connectivity index (χ1v) is 9.60. The Morgan fingerprint density at radius 3 is 1.82 bits per heavy atom. The smallest absolute Gasteiger partial charge is 0.239 e. The van der Waals surface area contributed by atoms with Gasteiger partial charge in [-0.1, -0.05) is 62.4 Å². The van der Waals surface area contributed by atoms with Crippen LogP contribution < -0.4 is 9.47 Å². The van der Waals surface area contributed by atoms with Crippen molar-refractivity contribution < 1.29 is 9.47 Å². The second kappa shape index (κ2) is 8.75. The molecule has 0 aliphatic heterocycles. The van der Waals surface area contributed by atoms with Crippen molar-refractivity contribution >= 4 is 11.6 Å². The van der Waals surface area contributed by atoms with Gasteiger partial charge >= 0.3 is 0 Å². The van der Waals surface area contributed by atoms with Gasteiger partial charge in [0, 0.05) is 0 Å². The van der Waals surface area contributed by atoms with Crippen LogP contribution in [-0.4, -0.2) is 11.5 Å². The minimum absolute atomic E-state index is 0.482. The zero-order valence-electron chi connectivity index (χ0n) is 16.9. The minimum atomic E-state index is -0.756. The maximum atomic E-state index is 6.21. The molecule has 0 unspecified atom stereocenters. The van der Waals surface area contributed by atoms with Gasteiger partial charge in [-0.25, -0.2) is 4.99 Å². The molecule has 0 saturated heterocycles. The van der Waals surface area contributed by atoms with Crippen molar-refractivity contribution in [3.63, 3.8) is 0 Å². The molecule has 0 bridgehead atoms. The number of para-hydroxylation sites is 2. The van der Waals surface area contributed by atoms with Gasteiger partial charge in [-0.3, -0.25) is 0 Å². The molecule has 0 aliphatic carbocycles. The Labute approximate surface area is 167 Å². The highest BCUT2D eigenvalue weighted by Gasteiger charge is 2.30. The summed E-state index contributed by atoms with van der Waals surface area (Å²) in [5.74, 6) is 2.48. The fourth-order valence-electron chi connectivity index (χ4n) is 2.76. The number of benzene rings is 3. The highest BCUT2D eigenvalue weighted by molar-refractivity contribution is 5.89. The van der Waals surface area contributed by atoms with Crippen molar-refractivity contribution in [1.82, 2.24) is 0 Å². The molecule has 0 aliphatic rings. The predicted molar refractivity (Wildman–Crippen MR) is 116 cm³/mol. The van der Waals surface area contributed by atoms with E-state index in [0.29, 0.717) is 11.8 Å². The topological polar surface area (TPSA) is 30.8 Å². The van der Waals surface area contributed by atoms with Crippen LogP contribution in [0.3, 0.4) is 0 Å². The van der Waals surface area contributed by atoms with Crippen LogP contribution in [0.15, 0.2) is 89.9 Å². The fourth-order valence-corrected chi connectivity index (χ4v) is 2.76. The van der Waals surface area contributed by atoms with Gasteiger partial charge in [0.2, 0.25) is 5.90 Å². The quantitative estimate of drug-likeness (QED) is 0.352. The zero-order valence-corrected chi connectivity index (χ0v) is 16.9. The van der Waals surface area contributed by atoms with Gasteiger partial charge in [-0.15, -0.1) is 0 Å². The number of rotatable bonds is 6. The summed E-state index contributed by atoms with van der Waals surface area (Å²) in [4.78, 5) is 4.79. The first-order chi connectivity index (χ1) is 13.4. The molecule has 3 heteroatoms. The van der Waals surface area contributed by atoms with E-state index in [1.807, 2.05) is 86.6 Å². The van der Waals surface area contributed by atoms with E-state index in [1.165, 1.54) is 5.56 Å². The Bertz CT molecular complexity index is 898. The second-order valence-electron chi connectivity index (χ2n) is 7.50. The second-order valence-corrected chi connectivity index (χ2v) is 7.50. The lowest BCUT2D eigenvalue weighted by atomic mass is 10.0. The van der Waals surface area contributed by atoms with Crippen LogP contribution in [-0.2, 0) is 0 Å². The van der Waals surface area contributed by atoms with E-state index in [2.05, 4.69) is 26.0 Å².